The number of H-pyrrole nitrogens is 1. The van der Waals surface area contributed by atoms with E-state index in [-0.39, 0.29) is 35.6 Å². The van der Waals surface area contributed by atoms with Gasteiger partial charge in [-0.25, -0.2) is 4.68 Å². The number of ether oxygens (including phenoxy) is 2. The molecule has 0 bridgehead atoms. The number of nitrogens with zero attached hydrogens (tertiary/aromatic N) is 2. The van der Waals surface area contributed by atoms with Crippen molar-refractivity contribution < 1.29 is 19.4 Å². The molecule has 1 fully saturated rings. The molecule has 8 nitrogen and oxygen atoms in total. The molecule has 9 heteroatoms. The Morgan fingerprint density at radius 2 is 1.80 bits per heavy atom. The number of nitrogens with one attached hydrogen (secondary N) is 1. The van der Waals surface area contributed by atoms with Crippen LogP contribution in [0.1, 0.15) is 18.9 Å². The standard InChI is InChI=1S/C31H35N3O5Si/c1-19-28(40(4,5)22-13-11-21(38-3)12-14-22)27(16-17-35)39-31(19)24-18-20(10-15-26(24)33(2)30(31)37)34-29(36)23-8-6-7-9-25(23)32-34/h6-15,18-19,27-28,32,35H,16-17H2,1-5H3/t19-,27+,28-,31+/m0/s1. The number of hydrogen-bond donors (Lipinski definition) is 2. The number of carbonyl (C=O) groups is 1. The Hall–Kier alpha value is -3.66. The summed E-state index contributed by atoms with van der Waals surface area (Å²) in [6, 6.07) is 21.3. The predicted molar refractivity (Wildman–Crippen MR) is 159 cm³/mol. The molecule has 4 atom stereocenters. The summed E-state index contributed by atoms with van der Waals surface area (Å²) in [6.45, 7) is 6.71. The smallest absolute Gasteiger partial charge is 0.279 e. The lowest BCUT2D eigenvalue weighted by Crippen LogP contribution is -2.51. The Morgan fingerprint density at radius 1 is 1.07 bits per heavy atom. The van der Waals surface area contributed by atoms with Gasteiger partial charge in [0, 0.05) is 25.1 Å². The van der Waals surface area contributed by atoms with E-state index >= 15 is 0 Å². The monoisotopic (exact) mass is 557 g/mol. The van der Waals surface area contributed by atoms with Crippen LogP contribution in [0.2, 0.25) is 18.6 Å². The van der Waals surface area contributed by atoms with Crippen molar-refractivity contribution in [2.75, 3.05) is 25.7 Å². The van der Waals surface area contributed by atoms with E-state index in [1.54, 1.807) is 25.1 Å². The molecule has 0 aliphatic carbocycles. The summed E-state index contributed by atoms with van der Waals surface area (Å²) >= 11 is 0. The second-order valence-electron chi connectivity index (χ2n) is 11.5. The number of fused-ring (bicyclic) bond motifs is 3. The highest BCUT2D eigenvalue weighted by atomic mass is 28.3. The van der Waals surface area contributed by atoms with Crippen molar-refractivity contribution in [1.29, 1.82) is 0 Å². The minimum absolute atomic E-state index is 0.0293. The van der Waals surface area contributed by atoms with Gasteiger partial charge in [0.25, 0.3) is 11.5 Å². The summed E-state index contributed by atoms with van der Waals surface area (Å²) in [4.78, 5) is 29.1. The van der Waals surface area contributed by atoms with E-state index in [2.05, 4.69) is 37.2 Å². The van der Waals surface area contributed by atoms with Gasteiger partial charge in [-0.2, -0.15) is 0 Å². The molecule has 1 saturated heterocycles. The van der Waals surface area contributed by atoms with Crippen LogP contribution < -0.4 is 20.4 Å². The lowest BCUT2D eigenvalue weighted by Gasteiger charge is -2.37. The maximum Gasteiger partial charge on any atom is 0.279 e. The van der Waals surface area contributed by atoms with Crippen LogP contribution in [0.4, 0.5) is 5.69 Å². The van der Waals surface area contributed by atoms with Crippen LogP contribution in [0.5, 0.6) is 5.75 Å². The van der Waals surface area contributed by atoms with Crippen LogP contribution in [-0.4, -0.2) is 55.7 Å². The largest absolute Gasteiger partial charge is 0.497 e. The fourth-order valence-corrected chi connectivity index (χ4v) is 11.2. The molecule has 4 aromatic rings. The van der Waals surface area contributed by atoms with Gasteiger partial charge in [0.05, 0.1) is 43.6 Å². The predicted octanol–water partition coefficient (Wildman–Crippen LogP) is 3.90. The maximum absolute atomic E-state index is 14.2. The molecular formula is C31H35N3O5Si. The number of likely N-dealkylation sites (N-methyl/N-ethyl adjacent to an activating group) is 1. The highest BCUT2D eigenvalue weighted by Crippen LogP contribution is 2.59. The summed E-state index contributed by atoms with van der Waals surface area (Å²) in [5.74, 6) is 0.522. The molecule has 1 amide bonds. The minimum atomic E-state index is -2.24. The number of aromatic amines is 1. The molecule has 3 heterocycles. The normalized spacial score (nSPS) is 24.3. The minimum Gasteiger partial charge on any atom is -0.497 e. The first-order chi connectivity index (χ1) is 19.1. The van der Waals surface area contributed by atoms with Crippen molar-refractivity contribution in [2.24, 2.45) is 5.92 Å². The maximum atomic E-state index is 14.2. The highest BCUT2D eigenvalue weighted by molar-refractivity contribution is 6.91. The van der Waals surface area contributed by atoms with E-state index in [1.807, 2.05) is 48.5 Å². The summed E-state index contributed by atoms with van der Waals surface area (Å²) in [5.41, 5.74) is 1.63. The Kier molecular flexibility index (Phi) is 6.29. The first-order valence-corrected chi connectivity index (χ1v) is 16.8. The highest BCUT2D eigenvalue weighted by Gasteiger charge is 2.65. The van der Waals surface area contributed by atoms with Gasteiger partial charge in [-0.15, -0.1) is 0 Å². The van der Waals surface area contributed by atoms with Gasteiger partial charge in [-0.3, -0.25) is 14.7 Å². The van der Waals surface area contributed by atoms with Crippen LogP contribution in [0.15, 0.2) is 71.5 Å². The summed E-state index contributed by atoms with van der Waals surface area (Å²) in [5, 5.41) is 15.1. The van der Waals surface area contributed by atoms with Crippen molar-refractivity contribution in [3.8, 4) is 11.4 Å². The van der Waals surface area contributed by atoms with Gasteiger partial charge >= 0.3 is 0 Å². The summed E-state index contributed by atoms with van der Waals surface area (Å²) < 4.78 is 13.8. The molecule has 0 saturated carbocycles. The van der Waals surface area contributed by atoms with Crippen molar-refractivity contribution in [2.45, 2.75) is 43.7 Å². The van der Waals surface area contributed by atoms with Gasteiger partial charge in [0.1, 0.15) is 5.75 Å². The van der Waals surface area contributed by atoms with E-state index in [4.69, 9.17) is 9.47 Å². The third-order valence-corrected chi connectivity index (χ3v) is 13.6. The van der Waals surface area contributed by atoms with Gasteiger partial charge < -0.3 is 19.5 Å². The van der Waals surface area contributed by atoms with E-state index < -0.39 is 13.7 Å². The Morgan fingerprint density at radius 3 is 2.48 bits per heavy atom. The molecule has 1 spiro atoms. The number of aliphatic hydroxyl groups is 1. The zero-order valence-electron chi connectivity index (χ0n) is 23.5. The van der Waals surface area contributed by atoms with Crippen molar-refractivity contribution in [1.82, 2.24) is 9.78 Å². The number of anilines is 1. The molecule has 6 rings (SSSR count). The fourth-order valence-electron chi connectivity index (χ4n) is 7.18. The van der Waals surface area contributed by atoms with E-state index in [0.29, 0.717) is 17.5 Å². The van der Waals surface area contributed by atoms with Gasteiger partial charge in [0.2, 0.25) is 0 Å². The second kappa shape index (κ2) is 9.47. The van der Waals surface area contributed by atoms with E-state index in [1.165, 1.54) is 9.87 Å². The number of aliphatic hydroxyl groups excluding tert-OH is 1. The van der Waals surface area contributed by atoms with Crippen molar-refractivity contribution in [3.05, 3.63) is 82.6 Å². The number of carbonyl (C=O) groups excluding carboxylic acids is 1. The number of rotatable bonds is 6. The van der Waals surface area contributed by atoms with Crippen LogP contribution in [0.25, 0.3) is 16.6 Å². The molecule has 0 unspecified atom stereocenters. The van der Waals surface area contributed by atoms with Crippen LogP contribution in [-0.2, 0) is 15.1 Å². The first-order valence-electron chi connectivity index (χ1n) is 13.7. The summed E-state index contributed by atoms with van der Waals surface area (Å²) in [7, 11) is 1.19. The topological polar surface area (TPSA) is 96.8 Å². The second-order valence-corrected chi connectivity index (χ2v) is 16.2. The molecule has 3 aromatic carbocycles. The van der Waals surface area contributed by atoms with Crippen molar-refractivity contribution in [3.63, 3.8) is 0 Å². The number of methoxy groups -OCH3 is 1. The molecule has 2 aliphatic heterocycles. The van der Waals surface area contributed by atoms with Crippen LogP contribution in [0.3, 0.4) is 0 Å². The zero-order chi connectivity index (χ0) is 28.4. The quantitative estimate of drug-likeness (QED) is 0.351. The Balaban J connectivity index is 1.49. The number of para-hydroxylation sites is 1. The summed E-state index contributed by atoms with van der Waals surface area (Å²) in [6.07, 6.45) is 0.142. The number of hydrogen-bond acceptors (Lipinski definition) is 5. The average Bonchev–Trinajstić information content (AvgIpc) is 3.53. The molecule has 40 heavy (non-hydrogen) atoms. The number of amides is 1. The van der Waals surface area contributed by atoms with E-state index in [9.17, 15) is 14.7 Å². The molecule has 2 N–H and O–H groups in total. The molecule has 208 valence electrons. The lowest BCUT2D eigenvalue weighted by molar-refractivity contribution is -0.145. The third kappa shape index (κ3) is 3.64. The Labute approximate surface area is 234 Å². The van der Waals surface area contributed by atoms with Crippen LogP contribution in [0, 0.1) is 5.92 Å². The van der Waals surface area contributed by atoms with Gasteiger partial charge in [-0.05, 0) is 54.4 Å². The van der Waals surface area contributed by atoms with Gasteiger partial charge in [-0.1, -0.05) is 49.5 Å². The van der Waals surface area contributed by atoms with Crippen molar-refractivity contribution >= 4 is 35.8 Å². The Bertz CT molecular complexity index is 1660. The number of aromatic nitrogens is 2. The lowest BCUT2D eigenvalue weighted by atomic mass is 9.82. The number of benzene rings is 3. The zero-order valence-corrected chi connectivity index (χ0v) is 24.5. The molecule has 1 aromatic heterocycles. The molecule has 2 aliphatic rings. The molecule has 0 radical (unpaired) electrons. The molecular weight excluding hydrogens is 522 g/mol. The van der Waals surface area contributed by atoms with Crippen LogP contribution >= 0.6 is 0 Å². The third-order valence-electron chi connectivity index (χ3n) is 9.21. The SMILES string of the molecule is COc1ccc([Si](C)(C)[C@@H]2[C@@H](CCO)O[C@]3(C(=O)N(C)c4ccc(-n5[nH]c6ccccc6c5=O)cc43)[C@H]2C)cc1. The van der Waals surface area contributed by atoms with Gasteiger partial charge in [0.15, 0.2) is 5.60 Å². The fraction of sp³-hybridized carbons (Fsp3) is 0.355. The van der Waals surface area contributed by atoms with E-state index in [0.717, 1.165) is 22.5 Å². The first kappa shape index (κ1) is 26.6. The average molecular weight is 558 g/mol.